The molecule has 0 amide bonds. The molecular formula is C11H18BNO6. The normalized spacial score (nSPS) is 9.84. The molecule has 0 aliphatic carbocycles. The van der Waals surface area contributed by atoms with Gasteiger partial charge in [0.05, 0.1) is 6.54 Å². The van der Waals surface area contributed by atoms with Gasteiger partial charge < -0.3 is 18.8 Å². The Hall–Kier alpha value is -1.67. The minimum atomic E-state index is -1.40. The summed E-state index contributed by atoms with van der Waals surface area (Å²) >= 11 is 0. The minimum absolute atomic E-state index is 0.00941. The van der Waals surface area contributed by atoms with Crippen LogP contribution in [-0.4, -0.2) is 64.0 Å². The number of rotatable bonds is 10. The van der Waals surface area contributed by atoms with Gasteiger partial charge in [0.2, 0.25) is 0 Å². The Balaban J connectivity index is 4.15. The lowest BCUT2D eigenvalue weighted by atomic mass is 9.91. The molecule has 0 aromatic carbocycles. The monoisotopic (exact) mass is 271 g/mol. The number of carbonyl (C=O) groups is 3. The van der Waals surface area contributed by atoms with E-state index in [2.05, 4.69) is 6.58 Å². The highest BCUT2D eigenvalue weighted by atomic mass is 16.6. The molecule has 0 unspecified atom stereocenters. The second kappa shape index (κ2) is 10.3. The van der Waals surface area contributed by atoms with Crippen molar-refractivity contribution < 1.29 is 28.4 Å². The van der Waals surface area contributed by atoms with Gasteiger partial charge in [-0.05, 0) is 7.05 Å². The summed E-state index contributed by atoms with van der Waals surface area (Å²) in [5.41, 5.74) is 0. The van der Waals surface area contributed by atoms with Gasteiger partial charge in [0.15, 0.2) is 0 Å². The van der Waals surface area contributed by atoms with Crippen molar-refractivity contribution in [1.82, 2.24) is 4.90 Å². The van der Waals surface area contributed by atoms with E-state index in [0.717, 1.165) is 6.29 Å². The van der Waals surface area contributed by atoms with Crippen LogP contribution in [0.15, 0.2) is 12.7 Å². The predicted molar refractivity (Wildman–Crippen MR) is 68.6 cm³/mol. The second-order valence-corrected chi connectivity index (χ2v) is 3.67. The maximum absolute atomic E-state index is 11.5. The van der Waals surface area contributed by atoms with Crippen molar-refractivity contribution in [2.24, 2.45) is 0 Å². The van der Waals surface area contributed by atoms with E-state index in [1.165, 1.54) is 13.2 Å². The van der Waals surface area contributed by atoms with E-state index in [-0.39, 0.29) is 13.2 Å². The summed E-state index contributed by atoms with van der Waals surface area (Å²) in [5, 5.41) is 0. The smallest absolute Gasteiger partial charge is 0.501 e. The van der Waals surface area contributed by atoms with Crippen LogP contribution in [-0.2, 0) is 23.6 Å². The second-order valence-electron chi connectivity index (χ2n) is 3.67. The van der Waals surface area contributed by atoms with E-state index in [0.29, 0.717) is 13.0 Å². The Bertz CT molecular complexity index is 322. The van der Waals surface area contributed by atoms with Gasteiger partial charge >= 0.3 is 19.0 Å². The van der Waals surface area contributed by atoms with Gasteiger partial charge in [-0.25, -0.2) is 0 Å². The molecule has 0 atom stereocenters. The lowest BCUT2D eigenvalue weighted by molar-refractivity contribution is -0.136. The van der Waals surface area contributed by atoms with Crippen molar-refractivity contribution in [1.29, 1.82) is 0 Å². The first kappa shape index (κ1) is 17.3. The summed E-state index contributed by atoms with van der Waals surface area (Å²) in [7, 11) is 1.48. The molecule has 0 aromatic heterocycles. The van der Waals surface area contributed by atoms with E-state index in [1.54, 1.807) is 11.9 Å². The van der Waals surface area contributed by atoms with Gasteiger partial charge in [-0.2, -0.15) is 0 Å². The molecule has 0 aromatic rings. The molecule has 8 heteroatoms. The third-order valence-electron chi connectivity index (χ3n) is 2.02. The third kappa shape index (κ3) is 8.12. The van der Waals surface area contributed by atoms with Crippen molar-refractivity contribution in [2.45, 2.75) is 6.42 Å². The maximum Gasteiger partial charge on any atom is 0.650 e. The molecule has 0 fully saturated rings. The van der Waals surface area contributed by atoms with E-state index in [4.69, 9.17) is 14.0 Å². The zero-order valence-electron chi connectivity index (χ0n) is 11.2. The highest BCUT2D eigenvalue weighted by molar-refractivity contribution is 6.79. The quantitative estimate of drug-likeness (QED) is 0.316. The molecule has 0 aliphatic heterocycles. The van der Waals surface area contributed by atoms with Gasteiger partial charge in [0.25, 0.3) is 0 Å². The molecule has 0 rings (SSSR count). The van der Waals surface area contributed by atoms with Crippen LogP contribution in [0.4, 0.5) is 4.79 Å². The Labute approximate surface area is 112 Å². The first-order chi connectivity index (χ1) is 9.04. The fourth-order valence-electron chi connectivity index (χ4n) is 1.13. The number of hydrogen-bond acceptors (Lipinski definition) is 7. The van der Waals surface area contributed by atoms with Crippen molar-refractivity contribution in [3.63, 3.8) is 0 Å². The molecule has 0 saturated heterocycles. The number of hydrogen-bond donors (Lipinski definition) is 0. The average Bonchev–Trinajstić information content (AvgIpc) is 2.39. The number of nitrogens with zero attached hydrogens (tertiary/aromatic N) is 1. The third-order valence-corrected chi connectivity index (χ3v) is 2.02. The zero-order valence-corrected chi connectivity index (χ0v) is 11.2. The van der Waals surface area contributed by atoms with Crippen LogP contribution in [0.25, 0.3) is 0 Å². The molecule has 0 bridgehead atoms. The van der Waals surface area contributed by atoms with Crippen LogP contribution < -0.4 is 0 Å². The Morgan fingerprint density at radius 1 is 1.42 bits per heavy atom. The fourth-order valence-corrected chi connectivity index (χ4v) is 1.13. The van der Waals surface area contributed by atoms with Gasteiger partial charge in [-0.1, -0.05) is 12.7 Å². The SMILES string of the molecule is C=CCOC(=O)B(OC)OC(=O)CN(C)CCC=O. The van der Waals surface area contributed by atoms with Gasteiger partial charge in [0, 0.05) is 20.1 Å². The largest absolute Gasteiger partial charge is 0.650 e. The molecule has 7 nitrogen and oxygen atoms in total. The molecule has 106 valence electrons. The Kier molecular flexibility index (Phi) is 9.37. The van der Waals surface area contributed by atoms with E-state index in [9.17, 15) is 14.4 Å². The van der Waals surface area contributed by atoms with Crippen LogP contribution in [0, 0.1) is 0 Å². The molecular weight excluding hydrogens is 253 g/mol. The minimum Gasteiger partial charge on any atom is -0.501 e. The molecule has 0 radical (unpaired) electrons. The van der Waals surface area contributed by atoms with Crippen LogP contribution in [0.1, 0.15) is 6.42 Å². The first-order valence-corrected chi connectivity index (χ1v) is 5.67. The lowest BCUT2D eigenvalue weighted by Gasteiger charge is -2.16. The Morgan fingerprint density at radius 2 is 2.11 bits per heavy atom. The van der Waals surface area contributed by atoms with Crippen LogP contribution in [0.2, 0.25) is 0 Å². The van der Waals surface area contributed by atoms with Crippen molar-refractivity contribution in [2.75, 3.05) is 33.9 Å². The number of aldehydes is 1. The summed E-state index contributed by atoms with van der Waals surface area (Å²) in [6.07, 6.45) is 2.46. The summed E-state index contributed by atoms with van der Waals surface area (Å²) in [4.78, 5) is 34.7. The zero-order chi connectivity index (χ0) is 14.7. The van der Waals surface area contributed by atoms with Gasteiger partial charge in [-0.3, -0.25) is 14.5 Å². The number of likely N-dealkylation sites (N-methyl/N-ethyl adjacent to an activating group) is 1. The summed E-state index contributed by atoms with van der Waals surface area (Å²) in [6.45, 7) is 3.77. The van der Waals surface area contributed by atoms with Gasteiger partial charge in [-0.15, -0.1) is 0 Å². The highest BCUT2D eigenvalue weighted by Crippen LogP contribution is 1.97. The predicted octanol–water partition coefficient (Wildman–Crippen LogP) is 0.0893. The first-order valence-electron chi connectivity index (χ1n) is 5.67. The summed E-state index contributed by atoms with van der Waals surface area (Å²) < 4.78 is 14.2. The molecule has 0 aliphatic rings. The van der Waals surface area contributed by atoms with Crippen LogP contribution in [0.3, 0.4) is 0 Å². The molecule has 19 heavy (non-hydrogen) atoms. The molecule has 0 N–H and O–H groups in total. The van der Waals surface area contributed by atoms with E-state index < -0.39 is 19.0 Å². The van der Waals surface area contributed by atoms with E-state index in [1.807, 2.05) is 0 Å². The standard InChI is InChI=1S/C11H18BNO6/c1-4-8-18-11(16)12(17-3)19-10(15)9-13(2)6-5-7-14/h4,7H,1,5-6,8-9H2,2-3H3. The maximum atomic E-state index is 11.5. The Morgan fingerprint density at radius 3 is 2.63 bits per heavy atom. The van der Waals surface area contributed by atoms with Gasteiger partial charge in [0.1, 0.15) is 12.9 Å². The van der Waals surface area contributed by atoms with Crippen molar-refractivity contribution >= 4 is 25.2 Å². The summed E-state index contributed by atoms with van der Waals surface area (Å²) in [6, 6.07) is 0. The number of ether oxygens (including phenoxy) is 1. The van der Waals surface area contributed by atoms with Crippen molar-refractivity contribution in [3.8, 4) is 0 Å². The molecule has 0 saturated carbocycles. The number of carbonyl (C=O) groups excluding carboxylic acids is 3. The molecule has 0 spiro atoms. The lowest BCUT2D eigenvalue weighted by Crippen LogP contribution is -2.38. The fraction of sp³-hybridized carbons (Fsp3) is 0.545. The summed E-state index contributed by atoms with van der Waals surface area (Å²) in [5.74, 6) is -1.44. The average molecular weight is 271 g/mol. The topological polar surface area (TPSA) is 82.1 Å². The van der Waals surface area contributed by atoms with Crippen LogP contribution in [0.5, 0.6) is 0 Å². The van der Waals surface area contributed by atoms with Crippen molar-refractivity contribution in [3.05, 3.63) is 12.7 Å². The van der Waals surface area contributed by atoms with E-state index >= 15 is 0 Å². The van der Waals surface area contributed by atoms with Crippen LogP contribution >= 0.6 is 0 Å². The highest BCUT2D eigenvalue weighted by Gasteiger charge is 2.34. The molecule has 0 heterocycles.